The van der Waals surface area contributed by atoms with E-state index in [2.05, 4.69) is 4.52 Å². The van der Waals surface area contributed by atoms with Gasteiger partial charge in [-0.05, 0) is 13.3 Å². The molecule has 0 saturated carbocycles. The van der Waals surface area contributed by atoms with Crippen LogP contribution in [0.3, 0.4) is 0 Å². The smallest absolute Gasteiger partial charge is 0.376 e. The lowest BCUT2D eigenvalue weighted by atomic mass is 10.3. The van der Waals surface area contributed by atoms with Gasteiger partial charge >= 0.3 is 7.82 Å². The minimum Gasteiger partial charge on any atom is -0.376 e. The van der Waals surface area contributed by atoms with Gasteiger partial charge in [-0.2, -0.15) is 0 Å². The van der Waals surface area contributed by atoms with E-state index in [9.17, 15) is 4.57 Å². The first-order valence-electron chi connectivity index (χ1n) is 3.77. The van der Waals surface area contributed by atoms with Crippen molar-refractivity contribution in [3.8, 4) is 0 Å². The van der Waals surface area contributed by atoms with Crippen molar-refractivity contribution < 1.29 is 23.6 Å². The highest BCUT2D eigenvalue weighted by molar-refractivity contribution is 7.46. The predicted molar refractivity (Wildman–Crippen MR) is 43.7 cm³/mol. The number of rotatable bonds is 6. The summed E-state index contributed by atoms with van der Waals surface area (Å²) >= 11 is 0. The van der Waals surface area contributed by atoms with E-state index in [4.69, 9.17) is 14.5 Å². The summed E-state index contributed by atoms with van der Waals surface area (Å²) < 4.78 is 19.4. The predicted octanol–water partition coefficient (Wildman–Crippen LogP) is 0.911. The second kappa shape index (κ2) is 5.67. The molecule has 0 aromatic carbocycles. The zero-order chi connectivity index (χ0) is 9.61. The number of ether oxygens (including phenoxy) is 1. The van der Waals surface area contributed by atoms with Crippen molar-refractivity contribution in [2.75, 3.05) is 13.2 Å². The highest BCUT2D eigenvalue weighted by atomic mass is 31.2. The quantitative estimate of drug-likeness (QED) is 0.490. The van der Waals surface area contributed by atoms with Crippen molar-refractivity contribution in [1.29, 1.82) is 0 Å². The summed E-state index contributed by atoms with van der Waals surface area (Å²) in [5, 5.41) is 0. The lowest BCUT2D eigenvalue weighted by Gasteiger charge is -2.10. The van der Waals surface area contributed by atoms with E-state index in [1.165, 1.54) is 0 Å². The van der Waals surface area contributed by atoms with Gasteiger partial charge in [0.05, 0.1) is 19.3 Å². The van der Waals surface area contributed by atoms with Gasteiger partial charge in [0.25, 0.3) is 0 Å². The van der Waals surface area contributed by atoms with E-state index in [0.29, 0.717) is 0 Å². The monoisotopic (exact) mass is 198 g/mol. The van der Waals surface area contributed by atoms with E-state index in [1.807, 2.05) is 13.8 Å². The topological polar surface area (TPSA) is 76.0 Å². The fraction of sp³-hybridized carbons (Fsp3) is 1.00. The number of hydrogen-bond acceptors (Lipinski definition) is 3. The second-order valence-corrected chi connectivity index (χ2v) is 3.65. The van der Waals surface area contributed by atoms with Gasteiger partial charge in [0.1, 0.15) is 0 Å². The molecule has 0 bridgehead atoms. The maximum absolute atomic E-state index is 10.2. The van der Waals surface area contributed by atoms with Gasteiger partial charge in [0.2, 0.25) is 0 Å². The van der Waals surface area contributed by atoms with Crippen LogP contribution >= 0.6 is 7.82 Å². The fourth-order valence-corrected chi connectivity index (χ4v) is 0.836. The minimum absolute atomic E-state index is 0.0748. The van der Waals surface area contributed by atoms with Crippen LogP contribution in [0.1, 0.15) is 20.3 Å². The van der Waals surface area contributed by atoms with E-state index >= 15 is 0 Å². The lowest BCUT2D eigenvalue weighted by molar-refractivity contribution is 0.0356. The molecule has 1 atom stereocenters. The number of phosphoric ester groups is 1. The molecule has 74 valence electrons. The van der Waals surface area contributed by atoms with Crippen molar-refractivity contribution in [2.24, 2.45) is 0 Å². The Morgan fingerprint density at radius 1 is 1.42 bits per heavy atom. The fourth-order valence-electron chi connectivity index (χ4n) is 0.523. The normalized spacial score (nSPS) is 14.7. The first-order valence-corrected chi connectivity index (χ1v) is 5.30. The molecular formula is C6H15O5P. The van der Waals surface area contributed by atoms with Crippen molar-refractivity contribution in [3.63, 3.8) is 0 Å². The molecule has 0 heterocycles. The van der Waals surface area contributed by atoms with Crippen molar-refractivity contribution in [1.82, 2.24) is 0 Å². The molecule has 6 heteroatoms. The van der Waals surface area contributed by atoms with Crippen molar-refractivity contribution >= 4 is 7.82 Å². The van der Waals surface area contributed by atoms with Gasteiger partial charge in [-0.15, -0.1) is 0 Å². The maximum atomic E-state index is 10.2. The third-order valence-electron chi connectivity index (χ3n) is 1.32. The molecule has 2 N–H and O–H groups in total. The van der Waals surface area contributed by atoms with Gasteiger partial charge in [-0.25, -0.2) is 4.57 Å². The average molecular weight is 198 g/mol. The van der Waals surface area contributed by atoms with Crippen LogP contribution in [0.2, 0.25) is 0 Å². The Morgan fingerprint density at radius 2 is 2.00 bits per heavy atom. The standard InChI is InChI=1S/C6H15O5P/c1-3-6(2)10-4-5-11-12(7,8)9/h6H,3-5H2,1-2H3,(H2,7,8,9). The molecule has 12 heavy (non-hydrogen) atoms. The molecule has 0 radical (unpaired) electrons. The largest absolute Gasteiger partial charge is 0.469 e. The van der Waals surface area contributed by atoms with Crippen LogP contribution < -0.4 is 0 Å². The summed E-state index contributed by atoms with van der Waals surface area (Å²) in [7, 11) is -4.31. The molecule has 0 aliphatic heterocycles. The van der Waals surface area contributed by atoms with Crippen LogP contribution in [0.5, 0.6) is 0 Å². The van der Waals surface area contributed by atoms with Crippen LogP contribution in [0.4, 0.5) is 0 Å². The number of hydrogen-bond donors (Lipinski definition) is 2. The Hall–Kier alpha value is 0.0700. The van der Waals surface area contributed by atoms with Crippen LogP contribution in [0, 0.1) is 0 Å². The molecule has 0 aromatic rings. The van der Waals surface area contributed by atoms with E-state index < -0.39 is 7.82 Å². The molecule has 1 unspecified atom stereocenters. The molecule has 0 fully saturated rings. The molecule has 0 amide bonds. The van der Waals surface area contributed by atoms with Crippen LogP contribution in [-0.2, 0) is 13.8 Å². The summed E-state index contributed by atoms with van der Waals surface area (Å²) in [5.74, 6) is 0. The molecule has 0 rings (SSSR count). The molecule has 5 nitrogen and oxygen atoms in total. The number of phosphoric acid groups is 1. The third-order valence-corrected chi connectivity index (χ3v) is 1.84. The Kier molecular flexibility index (Phi) is 5.70. The Labute approximate surface area is 71.9 Å². The molecule has 0 spiro atoms. The minimum atomic E-state index is -4.31. The van der Waals surface area contributed by atoms with E-state index in [-0.39, 0.29) is 19.3 Å². The van der Waals surface area contributed by atoms with Gasteiger partial charge < -0.3 is 14.5 Å². The molecular weight excluding hydrogens is 183 g/mol. The maximum Gasteiger partial charge on any atom is 0.469 e. The Morgan fingerprint density at radius 3 is 2.42 bits per heavy atom. The first kappa shape index (κ1) is 12.1. The van der Waals surface area contributed by atoms with E-state index in [0.717, 1.165) is 6.42 Å². The summed E-state index contributed by atoms with van der Waals surface area (Å²) in [4.78, 5) is 16.5. The van der Waals surface area contributed by atoms with Crippen LogP contribution in [0.15, 0.2) is 0 Å². The summed E-state index contributed by atoms with van der Waals surface area (Å²) in [6.45, 7) is 3.99. The average Bonchev–Trinajstić information content (AvgIpc) is 1.96. The highest BCUT2D eigenvalue weighted by Gasteiger charge is 2.12. The molecule has 0 aliphatic carbocycles. The Bertz CT molecular complexity index is 154. The Balaban J connectivity index is 3.28. The zero-order valence-electron chi connectivity index (χ0n) is 7.27. The molecule has 0 aliphatic rings. The summed E-state index contributed by atoms with van der Waals surface area (Å²) in [6, 6.07) is 0. The van der Waals surface area contributed by atoms with Gasteiger partial charge in [0.15, 0.2) is 0 Å². The van der Waals surface area contributed by atoms with Crippen LogP contribution in [-0.4, -0.2) is 29.1 Å². The van der Waals surface area contributed by atoms with Gasteiger partial charge in [0, 0.05) is 0 Å². The van der Waals surface area contributed by atoms with Crippen molar-refractivity contribution in [2.45, 2.75) is 26.4 Å². The molecule has 0 aromatic heterocycles. The van der Waals surface area contributed by atoms with Gasteiger partial charge in [-0.1, -0.05) is 6.92 Å². The summed E-state index contributed by atoms with van der Waals surface area (Å²) in [6.07, 6.45) is 0.973. The summed E-state index contributed by atoms with van der Waals surface area (Å²) in [5.41, 5.74) is 0. The van der Waals surface area contributed by atoms with Crippen LogP contribution in [0.25, 0.3) is 0 Å². The second-order valence-electron chi connectivity index (χ2n) is 2.41. The zero-order valence-corrected chi connectivity index (χ0v) is 8.16. The van der Waals surface area contributed by atoms with E-state index in [1.54, 1.807) is 0 Å². The SMILES string of the molecule is CCC(C)OCCOP(=O)(O)O. The first-order chi connectivity index (χ1) is 5.45. The molecule has 0 saturated heterocycles. The lowest BCUT2D eigenvalue weighted by Crippen LogP contribution is -2.11. The van der Waals surface area contributed by atoms with Gasteiger partial charge in [-0.3, -0.25) is 4.52 Å². The highest BCUT2D eigenvalue weighted by Crippen LogP contribution is 2.35. The third kappa shape index (κ3) is 8.17. The van der Waals surface area contributed by atoms with Crippen molar-refractivity contribution in [3.05, 3.63) is 0 Å².